The summed E-state index contributed by atoms with van der Waals surface area (Å²) in [6, 6.07) is 0. The summed E-state index contributed by atoms with van der Waals surface area (Å²) in [6.45, 7) is 41.4. The molecule has 4 heteroatoms. The Bertz CT molecular complexity index is 277. The third-order valence-corrected chi connectivity index (χ3v) is 6.75. The molecule has 0 unspecified atom stereocenters. The van der Waals surface area contributed by atoms with Gasteiger partial charge in [0.1, 0.15) is 0 Å². The van der Waals surface area contributed by atoms with Crippen molar-refractivity contribution < 1.29 is 0 Å². The maximum absolute atomic E-state index is 2.30. The van der Waals surface area contributed by atoms with Gasteiger partial charge in [0.25, 0.3) is 0 Å². The van der Waals surface area contributed by atoms with Crippen LogP contribution in [0, 0.1) is 0 Å². The Morgan fingerprint density at radius 2 is 0.321 bits per heavy atom. The van der Waals surface area contributed by atoms with Gasteiger partial charge < -0.3 is 0 Å². The van der Waals surface area contributed by atoms with E-state index in [4.69, 9.17) is 0 Å². The van der Waals surface area contributed by atoms with Crippen LogP contribution in [-0.4, -0.2) is 56.8 Å². The van der Waals surface area contributed by atoms with E-state index in [-0.39, 0.29) is 25.8 Å². The minimum absolute atomic E-state index is 0. The molecule has 0 aliphatic carbocycles. The first-order chi connectivity index (χ1) is 11.1. The second-order valence-electron chi connectivity index (χ2n) is 13.9. The van der Waals surface area contributed by atoms with E-state index in [0.717, 1.165) is 25.7 Å². The van der Waals surface area contributed by atoms with Gasteiger partial charge in [0.15, 0.2) is 0 Å². The summed E-state index contributed by atoms with van der Waals surface area (Å²) >= 11 is 0. The smallest absolute Gasteiger partial charge is 0 e. The first kappa shape index (κ1) is 37.5. The first-order valence-electron chi connectivity index (χ1n) is 10.5. The molecule has 0 aromatic rings. The fourth-order valence-electron chi connectivity index (χ4n) is 3.38. The Morgan fingerprint density at radius 3 is 0.321 bits per heavy atom. The van der Waals surface area contributed by atoms with Crippen LogP contribution in [0.25, 0.3) is 0 Å². The van der Waals surface area contributed by atoms with E-state index < -0.39 is 0 Å². The van der Waals surface area contributed by atoms with Crippen LogP contribution in [-0.2, 0) is 0 Å². The average molecular weight is 553 g/mol. The molecule has 0 aromatic carbocycles. The van der Waals surface area contributed by atoms with Crippen molar-refractivity contribution in [3.63, 3.8) is 0 Å². The van der Waals surface area contributed by atoms with Gasteiger partial charge in [-0.2, -0.15) is 0 Å². The van der Waals surface area contributed by atoms with Gasteiger partial charge in [-0.15, -0.1) is 25.7 Å². The largest absolute Gasteiger partial charge is 0.111 e. The predicted molar refractivity (Wildman–Crippen MR) is 149 cm³/mol. The fraction of sp³-hybridized carbons (Fsp3) is 1.00. The SMILES string of the molecule is CC(C)(C)PC(C)(C)C.CC(C)(C)PC(C)(C)C.CC(C)(C)PC(C)(C)C.[In]. The van der Waals surface area contributed by atoms with Gasteiger partial charge >= 0.3 is 0 Å². The molecule has 0 spiro atoms. The monoisotopic (exact) mass is 553 g/mol. The molecular formula is C24H57InP3. The summed E-state index contributed by atoms with van der Waals surface area (Å²) in [4.78, 5) is 0. The Kier molecular flexibility index (Phi) is 18.3. The average Bonchev–Trinajstić information content (AvgIpc) is 1.96. The molecule has 0 saturated heterocycles. The molecule has 0 N–H and O–H groups in total. The topological polar surface area (TPSA) is 0 Å². The van der Waals surface area contributed by atoms with Crippen molar-refractivity contribution >= 4 is 51.6 Å². The Labute approximate surface area is 206 Å². The molecule has 0 heterocycles. The van der Waals surface area contributed by atoms with Gasteiger partial charge in [-0.3, -0.25) is 0 Å². The van der Waals surface area contributed by atoms with Crippen molar-refractivity contribution in [2.24, 2.45) is 0 Å². The van der Waals surface area contributed by atoms with Crippen LogP contribution < -0.4 is 0 Å². The van der Waals surface area contributed by atoms with Crippen molar-refractivity contribution in [1.29, 1.82) is 0 Å². The van der Waals surface area contributed by atoms with Gasteiger partial charge in [0.2, 0.25) is 0 Å². The second-order valence-corrected chi connectivity index (χ2v) is 23.6. The molecule has 0 aromatic heterocycles. The summed E-state index contributed by atoms with van der Waals surface area (Å²) in [5, 5.41) is 3.07. The number of hydrogen-bond donors (Lipinski definition) is 0. The molecule has 0 atom stereocenters. The van der Waals surface area contributed by atoms with Gasteiger partial charge in [-0.05, 0) is 30.9 Å². The Balaban J connectivity index is -0.000000152. The van der Waals surface area contributed by atoms with E-state index in [0.29, 0.717) is 30.9 Å². The quantitative estimate of drug-likeness (QED) is 0.262. The van der Waals surface area contributed by atoms with E-state index in [1.165, 1.54) is 0 Å². The standard InChI is InChI=1S/3C8H19P.In/c3*1-7(2,3)9-8(4,5)6;/h3*9H,1-6H3;. The minimum atomic E-state index is 0. The van der Waals surface area contributed by atoms with Crippen LogP contribution in [0.15, 0.2) is 0 Å². The van der Waals surface area contributed by atoms with Gasteiger partial charge in [0, 0.05) is 25.8 Å². The molecule has 0 bridgehead atoms. The molecule has 0 aliphatic heterocycles. The third kappa shape index (κ3) is 51.1. The molecule has 28 heavy (non-hydrogen) atoms. The van der Waals surface area contributed by atoms with Crippen molar-refractivity contribution in [2.45, 2.75) is 156 Å². The first-order valence-corrected chi connectivity index (χ1v) is 13.5. The predicted octanol–water partition coefficient (Wildman–Crippen LogP) is 9.40. The van der Waals surface area contributed by atoms with Crippen molar-refractivity contribution in [3.8, 4) is 0 Å². The minimum Gasteiger partial charge on any atom is -0.111 e. The number of rotatable bonds is 0. The molecule has 0 saturated carbocycles. The van der Waals surface area contributed by atoms with Crippen molar-refractivity contribution in [3.05, 3.63) is 0 Å². The molecular weight excluding hydrogens is 496 g/mol. The van der Waals surface area contributed by atoms with Crippen LogP contribution in [0.2, 0.25) is 0 Å². The van der Waals surface area contributed by atoms with Gasteiger partial charge in [-0.25, -0.2) is 0 Å². The maximum Gasteiger partial charge on any atom is 0 e. The van der Waals surface area contributed by atoms with Crippen LogP contribution in [0.3, 0.4) is 0 Å². The van der Waals surface area contributed by atoms with E-state index in [1.807, 2.05) is 0 Å². The van der Waals surface area contributed by atoms with E-state index in [9.17, 15) is 0 Å². The molecule has 171 valence electrons. The fourth-order valence-corrected chi connectivity index (χ4v) is 10.1. The second kappa shape index (κ2) is 13.6. The number of hydrogen-bond acceptors (Lipinski definition) is 0. The van der Waals surface area contributed by atoms with Crippen LogP contribution in [0.4, 0.5) is 0 Å². The zero-order chi connectivity index (χ0) is 23.1. The molecule has 0 nitrogen and oxygen atoms in total. The molecule has 3 radical (unpaired) electrons. The van der Waals surface area contributed by atoms with E-state index >= 15 is 0 Å². The van der Waals surface area contributed by atoms with Crippen molar-refractivity contribution in [2.75, 3.05) is 0 Å². The molecule has 0 amide bonds. The molecule has 0 fully saturated rings. The summed E-state index contributed by atoms with van der Waals surface area (Å²) in [7, 11) is 3.15. The van der Waals surface area contributed by atoms with Crippen LogP contribution >= 0.6 is 25.7 Å². The summed E-state index contributed by atoms with van der Waals surface area (Å²) < 4.78 is 0. The van der Waals surface area contributed by atoms with E-state index in [2.05, 4.69) is 125 Å². The molecule has 0 rings (SSSR count). The maximum atomic E-state index is 2.30. The Hall–Kier alpha value is 2.16. The summed E-state index contributed by atoms with van der Waals surface area (Å²) in [6.07, 6.45) is 0. The van der Waals surface area contributed by atoms with Gasteiger partial charge in [-0.1, -0.05) is 125 Å². The summed E-state index contributed by atoms with van der Waals surface area (Å²) in [5.74, 6) is 0. The van der Waals surface area contributed by atoms with Crippen LogP contribution in [0.1, 0.15) is 125 Å². The summed E-state index contributed by atoms with van der Waals surface area (Å²) in [5.41, 5.74) is 0. The third-order valence-electron chi connectivity index (χ3n) is 2.25. The zero-order valence-electron chi connectivity index (χ0n) is 23.1. The normalized spacial score (nSPS) is 13.5. The van der Waals surface area contributed by atoms with Crippen molar-refractivity contribution in [1.82, 2.24) is 0 Å². The van der Waals surface area contributed by atoms with E-state index in [1.54, 1.807) is 0 Å². The molecule has 0 aliphatic rings. The van der Waals surface area contributed by atoms with Gasteiger partial charge in [0.05, 0.1) is 0 Å². The Morgan fingerprint density at radius 1 is 0.250 bits per heavy atom. The van der Waals surface area contributed by atoms with Crippen LogP contribution in [0.5, 0.6) is 0 Å². The zero-order valence-corrected chi connectivity index (χ0v) is 29.4.